The number of aromatic nitrogens is 2. The molecule has 2 aromatic carbocycles. The van der Waals surface area contributed by atoms with Gasteiger partial charge in [0.1, 0.15) is 5.76 Å². The number of benzene rings is 2. The molecule has 2 N–H and O–H groups in total. The third-order valence-corrected chi connectivity index (χ3v) is 5.65. The van der Waals surface area contributed by atoms with E-state index in [9.17, 15) is 9.59 Å². The van der Waals surface area contributed by atoms with Crippen LogP contribution in [0.1, 0.15) is 46.6 Å². The topological polar surface area (TPSA) is 80.0 Å². The van der Waals surface area contributed by atoms with Crippen molar-refractivity contribution in [3.8, 4) is 0 Å². The summed E-state index contributed by atoms with van der Waals surface area (Å²) in [7, 11) is 0. The van der Waals surface area contributed by atoms with Crippen LogP contribution in [0.15, 0.2) is 70.1 Å². The fourth-order valence-corrected chi connectivity index (χ4v) is 3.82. The lowest BCUT2D eigenvalue weighted by atomic mass is 10.0. The van der Waals surface area contributed by atoms with Gasteiger partial charge in [-0.05, 0) is 61.5 Å². The van der Waals surface area contributed by atoms with Crippen molar-refractivity contribution in [1.29, 1.82) is 0 Å². The minimum absolute atomic E-state index is 0.0939. The van der Waals surface area contributed by atoms with Gasteiger partial charge in [-0.25, -0.2) is 0 Å². The Balaban J connectivity index is 1.62. The van der Waals surface area contributed by atoms with E-state index < -0.39 is 0 Å². The predicted molar refractivity (Wildman–Crippen MR) is 123 cm³/mol. The molecule has 7 heteroatoms. The lowest BCUT2D eigenvalue weighted by Crippen LogP contribution is -2.28. The molecule has 0 aliphatic carbocycles. The summed E-state index contributed by atoms with van der Waals surface area (Å²) < 4.78 is 7.05. The van der Waals surface area contributed by atoms with Gasteiger partial charge < -0.3 is 14.7 Å². The molecule has 6 nitrogen and oxygen atoms in total. The second-order valence-corrected chi connectivity index (χ2v) is 7.89. The van der Waals surface area contributed by atoms with Crippen molar-refractivity contribution in [2.24, 2.45) is 0 Å². The molecule has 0 aliphatic rings. The van der Waals surface area contributed by atoms with Crippen LogP contribution in [0.25, 0.3) is 10.9 Å². The summed E-state index contributed by atoms with van der Waals surface area (Å²) >= 11 is 5.38. The maximum absolute atomic E-state index is 12.9. The van der Waals surface area contributed by atoms with Crippen LogP contribution in [0.5, 0.6) is 0 Å². The number of rotatable bonds is 6. The SMILES string of the molecule is CC[C@H](NC(=O)c1ccc2c(=O)n(Cc3ccco3)c(=S)[nH]c2c1)c1ccc(C)cc1. The summed E-state index contributed by atoms with van der Waals surface area (Å²) in [5.74, 6) is 0.437. The summed E-state index contributed by atoms with van der Waals surface area (Å²) in [5.41, 5.74) is 3.00. The van der Waals surface area contributed by atoms with Crippen molar-refractivity contribution in [3.63, 3.8) is 0 Å². The van der Waals surface area contributed by atoms with Gasteiger partial charge in [-0.15, -0.1) is 0 Å². The zero-order valence-electron chi connectivity index (χ0n) is 17.3. The highest BCUT2D eigenvalue weighted by atomic mass is 32.1. The fraction of sp³-hybridized carbons (Fsp3) is 0.208. The van der Waals surface area contributed by atoms with Crippen molar-refractivity contribution in [2.45, 2.75) is 32.9 Å². The lowest BCUT2D eigenvalue weighted by Gasteiger charge is -2.18. The number of H-pyrrole nitrogens is 1. The second kappa shape index (κ2) is 8.73. The van der Waals surface area contributed by atoms with Crippen LogP contribution in [0.2, 0.25) is 0 Å². The minimum atomic E-state index is -0.229. The highest BCUT2D eigenvalue weighted by Gasteiger charge is 2.16. The highest BCUT2D eigenvalue weighted by molar-refractivity contribution is 7.71. The Morgan fingerprint density at radius 1 is 1.19 bits per heavy atom. The van der Waals surface area contributed by atoms with Gasteiger partial charge in [-0.2, -0.15) is 0 Å². The maximum Gasteiger partial charge on any atom is 0.262 e. The van der Waals surface area contributed by atoms with E-state index in [4.69, 9.17) is 16.6 Å². The average Bonchev–Trinajstić information content (AvgIpc) is 3.28. The van der Waals surface area contributed by atoms with Gasteiger partial charge in [0.15, 0.2) is 4.77 Å². The monoisotopic (exact) mass is 433 g/mol. The Kier molecular flexibility index (Phi) is 5.86. The molecule has 0 saturated carbocycles. The van der Waals surface area contributed by atoms with Crippen molar-refractivity contribution < 1.29 is 9.21 Å². The Hall–Kier alpha value is -3.45. The molecule has 0 unspecified atom stereocenters. The second-order valence-electron chi connectivity index (χ2n) is 7.51. The molecule has 2 heterocycles. The summed E-state index contributed by atoms with van der Waals surface area (Å²) in [4.78, 5) is 28.9. The van der Waals surface area contributed by atoms with Gasteiger partial charge in [-0.3, -0.25) is 14.2 Å². The molecule has 2 aromatic heterocycles. The zero-order chi connectivity index (χ0) is 22.0. The predicted octanol–water partition coefficient (Wildman–Crippen LogP) is 4.89. The van der Waals surface area contributed by atoms with E-state index in [2.05, 4.69) is 10.3 Å². The van der Waals surface area contributed by atoms with Gasteiger partial charge >= 0.3 is 0 Å². The number of amides is 1. The standard InChI is InChI=1S/C24H23N3O3S/c1-3-20(16-8-6-15(2)7-9-16)25-22(28)17-10-11-19-21(13-17)26-24(31)27(23(19)29)14-18-5-4-12-30-18/h4-13,20H,3,14H2,1-2H3,(H,25,28)(H,26,31)/t20-/m0/s1. The molecule has 0 radical (unpaired) electrons. The molecule has 1 atom stereocenters. The average molecular weight is 434 g/mol. The van der Waals surface area contributed by atoms with Crippen LogP contribution in [0.4, 0.5) is 0 Å². The van der Waals surface area contributed by atoms with Gasteiger partial charge in [0.2, 0.25) is 0 Å². The van der Waals surface area contributed by atoms with E-state index in [0.717, 1.165) is 12.0 Å². The molecule has 1 amide bonds. The number of hydrogen-bond donors (Lipinski definition) is 2. The first-order valence-corrected chi connectivity index (χ1v) is 10.5. The molecule has 4 rings (SSSR count). The van der Waals surface area contributed by atoms with Gasteiger partial charge in [0, 0.05) is 5.56 Å². The summed E-state index contributed by atoms with van der Waals surface area (Å²) in [6.07, 6.45) is 2.32. The van der Waals surface area contributed by atoms with Crippen LogP contribution in [0.3, 0.4) is 0 Å². The first-order chi connectivity index (χ1) is 15.0. The molecule has 0 spiro atoms. The Labute approximate surface area is 184 Å². The van der Waals surface area contributed by atoms with Crippen molar-refractivity contribution in [3.05, 3.63) is 98.4 Å². The van der Waals surface area contributed by atoms with Crippen molar-refractivity contribution >= 4 is 29.0 Å². The molecule has 0 fully saturated rings. The van der Waals surface area contributed by atoms with E-state index in [0.29, 0.717) is 22.2 Å². The number of aryl methyl sites for hydroxylation is 1. The third kappa shape index (κ3) is 4.36. The maximum atomic E-state index is 12.9. The van der Waals surface area contributed by atoms with Gasteiger partial charge in [0.25, 0.3) is 11.5 Å². The number of hydrogen-bond acceptors (Lipinski definition) is 4. The first-order valence-electron chi connectivity index (χ1n) is 10.1. The summed E-state index contributed by atoms with van der Waals surface area (Å²) in [6.45, 7) is 4.31. The summed E-state index contributed by atoms with van der Waals surface area (Å²) in [6, 6.07) is 16.6. The molecular weight excluding hydrogens is 410 g/mol. The quantitative estimate of drug-likeness (QED) is 0.424. The molecular formula is C24H23N3O3S. The molecule has 4 aromatic rings. The third-order valence-electron chi connectivity index (χ3n) is 5.33. The van der Waals surface area contributed by atoms with E-state index in [1.165, 1.54) is 10.1 Å². The summed E-state index contributed by atoms with van der Waals surface area (Å²) in [5, 5.41) is 3.54. The van der Waals surface area contributed by atoms with Crippen molar-refractivity contribution in [2.75, 3.05) is 0 Å². The van der Waals surface area contributed by atoms with Crippen LogP contribution < -0.4 is 10.9 Å². The molecule has 0 saturated heterocycles. The first kappa shape index (κ1) is 20.8. The highest BCUT2D eigenvalue weighted by Crippen LogP contribution is 2.19. The number of fused-ring (bicyclic) bond motifs is 1. The van der Waals surface area contributed by atoms with Gasteiger partial charge in [-0.1, -0.05) is 36.8 Å². The smallest absolute Gasteiger partial charge is 0.262 e. The largest absolute Gasteiger partial charge is 0.467 e. The van der Waals surface area contributed by atoms with Gasteiger partial charge in [0.05, 0.1) is 29.8 Å². The van der Waals surface area contributed by atoms with Crippen LogP contribution in [-0.2, 0) is 6.54 Å². The minimum Gasteiger partial charge on any atom is -0.467 e. The van der Waals surface area contributed by atoms with E-state index in [1.807, 2.05) is 38.1 Å². The molecule has 0 aliphatic heterocycles. The molecule has 31 heavy (non-hydrogen) atoms. The van der Waals surface area contributed by atoms with Crippen LogP contribution >= 0.6 is 12.2 Å². The molecule has 158 valence electrons. The van der Waals surface area contributed by atoms with Crippen LogP contribution in [0, 0.1) is 11.7 Å². The number of furan rings is 1. The number of nitrogens with one attached hydrogen (secondary N) is 2. The number of aromatic amines is 1. The molecule has 0 bridgehead atoms. The number of carbonyl (C=O) groups is 1. The lowest BCUT2D eigenvalue weighted by molar-refractivity contribution is 0.0935. The Bertz CT molecular complexity index is 1340. The van der Waals surface area contributed by atoms with Crippen LogP contribution in [-0.4, -0.2) is 15.5 Å². The fourth-order valence-electron chi connectivity index (χ4n) is 3.56. The Morgan fingerprint density at radius 3 is 2.65 bits per heavy atom. The van der Waals surface area contributed by atoms with E-state index >= 15 is 0 Å². The number of carbonyl (C=O) groups excluding carboxylic acids is 1. The van der Waals surface area contributed by atoms with Crippen molar-refractivity contribution in [1.82, 2.24) is 14.9 Å². The van der Waals surface area contributed by atoms with E-state index in [-0.39, 0.29) is 28.8 Å². The van der Waals surface area contributed by atoms with E-state index in [1.54, 1.807) is 36.6 Å². The normalized spacial score (nSPS) is 12.1. The zero-order valence-corrected chi connectivity index (χ0v) is 18.2. The number of nitrogens with zero attached hydrogens (tertiary/aromatic N) is 1. The Morgan fingerprint density at radius 2 is 1.97 bits per heavy atom.